The van der Waals surface area contributed by atoms with Crippen molar-refractivity contribution in [2.24, 2.45) is 0 Å². The SMILES string of the molecule is [NH-]c1ccccc1-c1ccccc1O.[Zn]. The molecule has 0 amide bonds. The van der Waals surface area contributed by atoms with Gasteiger partial charge in [-0.2, -0.15) is 0 Å². The first kappa shape index (κ1) is 11.7. The molecule has 2 N–H and O–H groups in total. The second-order valence-electron chi connectivity index (χ2n) is 3.06. The number of para-hydroxylation sites is 1. The minimum absolute atomic E-state index is 0. The molecule has 0 saturated carbocycles. The Bertz CT molecular complexity index is 413. The van der Waals surface area contributed by atoms with Crippen LogP contribution < -0.4 is 0 Å². The van der Waals surface area contributed by atoms with Gasteiger partial charge < -0.3 is 10.8 Å². The Hall–Kier alpha value is -1.34. The van der Waals surface area contributed by atoms with E-state index in [0.29, 0.717) is 11.3 Å². The van der Waals surface area contributed by atoms with E-state index in [0.717, 1.165) is 5.56 Å². The van der Waals surface area contributed by atoms with E-state index in [1.54, 1.807) is 18.2 Å². The van der Waals surface area contributed by atoms with E-state index >= 15 is 0 Å². The number of phenols is 1. The quantitative estimate of drug-likeness (QED) is 0.769. The van der Waals surface area contributed by atoms with Crippen molar-refractivity contribution in [3.8, 4) is 16.9 Å². The van der Waals surface area contributed by atoms with Crippen LogP contribution in [0.3, 0.4) is 0 Å². The Balaban J connectivity index is 0.00000112. The van der Waals surface area contributed by atoms with Gasteiger partial charge in [0, 0.05) is 25.0 Å². The van der Waals surface area contributed by atoms with Crippen molar-refractivity contribution in [1.82, 2.24) is 0 Å². The van der Waals surface area contributed by atoms with Crippen LogP contribution in [0.15, 0.2) is 48.5 Å². The average Bonchev–Trinajstić information content (AvgIpc) is 2.20. The third kappa shape index (κ3) is 2.37. The predicted octanol–water partition coefficient (Wildman–Crippen LogP) is 3.74. The molecule has 15 heavy (non-hydrogen) atoms. The van der Waals surface area contributed by atoms with E-state index in [4.69, 9.17) is 5.73 Å². The maximum atomic E-state index is 9.61. The molecule has 0 radical (unpaired) electrons. The van der Waals surface area contributed by atoms with Crippen LogP contribution in [0.4, 0.5) is 5.69 Å². The minimum Gasteiger partial charge on any atom is -0.698 e. The van der Waals surface area contributed by atoms with Crippen LogP contribution in [0.2, 0.25) is 0 Å². The summed E-state index contributed by atoms with van der Waals surface area (Å²) in [6.07, 6.45) is 0. The maximum Gasteiger partial charge on any atom is 0.123 e. The fourth-order valence-corrected chi connectivity index (χ4v) is 1.42. The molecule has 0 bridgehead atoms. The smallest absolute Gasteiger partial charge is 0.123 e. The summed E-state index contributed by atoms with van der Waals surface area (Å²) in [7, 11) is 0. The van der Waals surface area contributed by atoms with E-state index in [1.165, 1.54) is 0 Å². The van der Waals surface area contributed by atoms with Crippen molar-refractivity contribution >= 4 is 5.69 Å². The molecular weight excluding hydrogens is 240 g/mol. The van der Waals surface area contributed by atoms with Gasteiger partial charge in [-0.15, -0.1) is 5.69 Å². The van der Waals surface area contributed by atoms with Gasteiger partial charge >= 0.3 is 0 Å². The van der Waals surface area contributed by atoms with Crippen LogP contribution in [0.25, 0.3) is 16.9 Å². The molecule has 2 rings (SSSR count). The van der Waals surface area contributed by atoms with Gasteiger partial charge in [-0.3, -0.25) is 0 Å². The monoisotopic (exact) mass is 248 g/mol. The molecule has 0 aliphatic heterocycles. The molecule has 72 valence electrons. The van der Waals surface area contributed by atoms with Gasteiger partial charge in [0.1, 0.15) is 5.75 Å². The summed E-state index contributed by atoms with van der Waals surface area (Å²) in [6.45, 7) is 0. The fraction of sp³-hybridized carbons (Fsp3) is 0. The Morgan fingerprint density at radius 3 is 1.93 bits per heavy atom. The second-order valence-corrected chi connectivity index (χ2v) is 3.06. The normalized spacial score (nSPS) is 9.33. The summed E-state index contributed by atoms with van der Waals surface area (Å²) in [6, 6.07) is 14.3. The van der Waals surface area contributed by atoms with Gasteiger partial charge in [0.25, 0.3) is 0 Å². The van der Waals surface area contributed by atoms with Crippen molar-refractivity contribution in [2.75, 3.05) is 0 Å². The van der Waals surface area contributed by atoms with Crippen LogP contribution in [0.5, 0.6) is 5.75 Å². The standard InChI is InChI=1S/C12H10NO.Zn/c13-11-7-3-1-5-9(11)10-6-2-4-8-12(10)14;/h1-8,13-14H;/q-1;. The van der Waals surface area contributed by atoms with Crippen molar-refractivity contribution in [3.63, 3.8) is 0 Å². The summed E-state index contributed by atoms with van der Waals surface area (Å²) < 4.78 is 0. The van der Waals surface area contributed by atoms with E-state index in [2.05, 4.69) is 0 Å². The van der Waals surface area contributed by atoms with Crippen LogP contribution in [-0.4, -0.2) is 5.11 Å². The van der Waals surface area contributed by atoms with E-state index in [9.17, 15) is 5.11 Å². The molecular formula is C12H10NOZn-. The first-order valence-corrected chi connectivity index (χ1v) is 4.38. The summed E-state index contributed by atoms with van der Waals surface area (Å²) in [5.74, 6) is 0.215. The first-order valence-electron chi connectivity index (χ1n) is 4.38. The Morgan fingerprint density at radius 1 is 0.800 bits per heavy atom. The van der Waals surface area contributed by atoms with Crippen molar-refractivity contribution < 1.29 is 24.6 Å². The molecule has 3 heteroatoms. The Labute approximate surface area is 102 Å². The average molecular weight is 250 g/mol. The number of benzene rings is 2. The summed E-state index contributed by atoms with van der Waals surface area (Å²) in [5.41, 5.74) is 9.58. The van der Waals surface area contributed by atoms with Crippen LogP contribution in [0.1, 0.15) is 0 Å². The third-order valence-electron chi connectivity index (χ3n) is 2.12. The molecule has 0 atom stereocenters. The molecule has 0 saturated heterocycles. The number of rotatable bonds is 1. The van der Waals surface area contributed by atoms with Crippen molar-refractivity contribution in [2.45, 2.75) is 0 Å². The number of nitrogens with one attached hydrogen (secondary N) is 1. The number of aromatic hydroxyl groups is 1. The van der Waals surface area contributed by atoms with Crippen LogP contribution in [0, 0.1) is 0 Å². The maximum absolute atomic E-state index is 9.61. The van der Waals surface area contributed by atoms with E-state index in [-0.39, 0.29) is 25.2 Å². The topological polar surface area (TPSA) is 44.0 Å². The van der Waals surface area contributed by atoms with Gasteiger partial charge in [-0.05, 0) is 11.6 Å². The second kappa shape index (κ2) is 4.95. The predicted molar refractivity (Wildman–Crippen MR) is 57.5 cm³/mol. The van der Waals surface area contributed by atoms with E-state index in [1.807, 2.05) is 30.3 Å². The summed E-state index contributed by atoms with van der Waals surface area (Å²) in [5, 5.41) is 9.61. The molecule has 0 spiro atoms. The van der Waals surface area contributed by atoms with E-state index < -0.39 is 0 Å². The minimum atomic E-state index is 0. The zero-order chi connectivity index (χ0) is 9.97. The fourth-order valence-electron chi connectivity index (χ4n) is 1.42. The number of phenolic OH excluding ortho intramolecular Hbond substituents is 1. The Kier molecular flexibility index (Phi) is 3.87. The molecule has 2 aromatic carbocycles. The van der Waals surface area contributed by atoms with Gasteiger partial charge in [0.05, 0.1) is 0 Å². The molecule has 0 heterocycles. The zero-order valence-electron chi connectivity index (χ0n) is 8.27. The van der Waals surface area contributed by atoms with Crippen molar-refractivity contribution in [1.29, 1.82) is 0 Å². The molecule has 2 nitrogen and oxygen atoms in total. The van der Waals surface area contributed by atoms with Crippen molar-refractivity contribution in [3.05, 3.63) is 54.3 Å². The molecule has 0 aliphatic rings. The third-order valence-corrected chi connectivity index (χ3v) is 2.12. The summed E-state index contributed by atoms with van der Waals surface area (Å²) in [4.78, 5) is 0. The zero-order valence-corrected chi connectivity index (χ0v) is 11.2. The summed E-state index contributed by atoms with van der Waals surface area (Å²) >= 11 is 0. The van der Waals surface area contributed by atoms with Gasteiger partial charge in [0.2, 0.25) is 0 Å². The molecule has 0 aliphatic carbocycles. The Morgan fingerprint density at radius 2 is 1.33 bits per heavy atom. The largest absolute Gasteiger partial charge is 0.698 e. The molecule has 0 fully saturated rings. The number of hydrogen-bond donors (Lipinski definition) is 1. The molecule has 2 aromatic rings. The molecule has 0 aromatic heterocycles. The number of hydrogen-bond acceptors (Lipinski definition) is 1. The van der Waals surface area contributed by atoms with Gasteiger partial charge in [0.15, 0.2) is 0 Å². The first-order chi connectivity index (χ1) is 6.79. The van der Waals surface area contributed by atoms with Gasteiger partial charge in [-0.25, -0.2) is 0 Å². The van der Waals surface area contributed by atoms with Crippen LogP contribution in [-0.2, 0) is 19.5 Å². The van der Waals surface area contributed by atoms with Crippen LogP contribution >= 0.6 is 0 Å². The molecule has 0 unspecified atom stereocenters. The van der Waals surface area contributed by atoms with Gasteiger partial charge in [-0.1, -0.05) is 42.5 Å².